The molecule has 2 rings (SSSR count). The lowest BCUT2D eigenvalue weighted by Crippen LogP contribution is -2.32. The molecule has 0 radical (unpaired) electrons. The van der Waals surface area contributed by atoms with Gasteiger partial charge in [-0.05, 0) is 43.3 Å². The second-order valence-corrected chi connectivity index (χ2v) is 4.91. The van der Waals surface area contributed by atoms with Crippen molar-refractivity contribution >= 4 is 23.3 Å². The first-order valence-electron chi connectivity index (χ1n) is 7.20. The first kappa shape index (κ1) is 16.9. The summed E-state index contributed by atoms with van der Waals surface area (Å²) in [6.07, 6.45) is 1.61. The van der Waals surface area contributed by atoms with Gasteiger partial charge < -0.3 is 20.1 Å². The van der Waals surface area contributed by atoms with Crippen LogP contribution in [0.5, 0.6) is 11.6 Å². The van der Waals surface area contributed by atoms with Crippen LogP contribution in [0, 0.1) is 0 Å². The zero-order chi connectivity index (χ0) is 16.5. The number of halogens is 1. The molecule has 2 amide bonds. The molecule has 23 heavy (non-hydrogen) atoms. The van der Waals surface area contributed by atoms with E-state index in [0.29, 0.717) is 42.1 Å². The van der Waals surface area contributed by atoms with Gasteiger partial charge in [-0.3, -0.25) is 0 Å². The highest BCUT2D eigenvalue weighted by atomic mass is 35.5. The summed E-state index contributed by atoms with van der Waals surface area (Å²) in [5.41, 5.74) is 0.519. The predicted molar refractivity (Wildman–Crippen MR) is 89.4 cm³/mol. The first-order chi connectivity index (χ1) is 11.2. The number of aromatic nitrogens is 1. The molecule has 0 spiro atoms. The third kappa shape index (κ3) is 5.67. The molecule has 0 fully saturated rings. The van der Waals surface area contributed by atoms with Crippen molar-refractivity contribution in [1.29, 1.82) is 0 Å². The second kappa shape index (κ2) is 8.85. The van der Waals surface area contributed by atoms with Crippen LogP contribution < -0.4 is 20.1 Å². The molecule has 0 atom stereocenters. The standard InChI is InChI=1S/C16H18ClN3O3/c1-2-22-15-14(4-3-9-18-15)20-16(21)19-10-11-23-13-7-5-12(17)6-8-13/h3-9H,2,10-11H2,1H3,(H2,19,20,21). The van der Waals surface area contributed by atoms with Gasteiger partial charge in [-0.15, -0.1) is 0 Å². The summed E-state index contributed by atoms with van der Waals surface area (Å²) < 4.78 is 10.8. The summed E-state index contributed by atoms with van der Waals surface area (Å²) in [7, 11) is 0. The molecule has 0 saturated heterocycles. The third-order valence-corrected chi connectivity index (χ3v) is 3.02. The van der Waals surface area contributed by atoms with Gasteiger partial charge in [0.05, 0.1) is 13.2 Å². The highest BCUT2D eigenvalue weighted by molar-refractivity contribution is 6.30. The number of nitrogens with zero attached hydrogens (tertiary/aromatic N) is 1. The van der Waals surface area contributed by atoms with E-state index in [4.69, 9.17) is 21.1 Å². The number of hydrogen-bond acceptors (Lipinski definition) is 4. The molecule has 6 nitrogen and oxygen atoms in total. The Morgan fingerprint density at radius 3 is 2.74 bits per heavy atom. The number of urea groups is 1. The van der Waals surface area contributed by atoms with Crippen LogP contribution in [0.1, 0.15) is 6.92 Å². The van der Waals surface area contributed by atoms with Crippen molar-refractivity contribution in [2.24, 2.45) is 0 Å². The quantitative estimate of drug-likeness (QED) is 0.761. The van der Waals surface area contributed by atoms with Crippen LogP contribution in [-0.4, -0.2) is 30.8 Å². The molecule has 0 aliphatic carbocycles. The van der Waals surface area contributed by atoms with E-state index in [0.717, 1.165) is 0 Å². The Balaban J connectivity index is 1.74. The number of benzene rings is 1. The highest BCUT2D eigenvalue weighted by Crippen LogP contribution is 2.20. The molecule has 0 aliphatic heterocycles. The molecular weight excluding hydrogens is 318 g/mol. The number of rotatable bonds is 7. The van der Waals surface area contributed by atoms with Gasteiger partial charge in [0.1, 0.15) is 18.0 Å². The largest absolute Gasteiger partial charge is 0.492 e. The summed E-state index contributed by atoms with van der Waals surface area (Å²) in [5.74, 6) is 1.09. The smallest absolute Gasteiger partial charge is 0.319 e. The van der Waals surface area contributed by atoms with Crippen molar-refractivity contribution in [1.82, 2.24) is 10.3 Å². The minimum atomic E-state index is -0.348. The third-order valence-electron chi connectivity index (χ3n) is 2.77. The number of carbonyl (C=O) groups is 1. The van der Waals surface area contributed by atoms with E-state index < -0.39 is 0 Å². The molecule has 122 valence electrons. The molecule has 0 unspecified atom stereocenters. The maximum Gasteiger partial charge on any atom is 0.319 e. The van der Waals surface area contributed by atoms with Gasteiger partial charge in [-0.2, -0.15) is 0 Å². The van der Waals surface area contributed by atoms with Crippen molar-refractivity contribution in [3.05, 3.63) is 47.6 Å². The van der Waals surface area contributed by atoms with Crippen LogP contribution in [0.4, 0.5) is 10.5 Å². The summed E-state index contributed by atoms with van der Waals surface area (Å²) in [5, 5.41) is 6.04. The lowest BCUT2D eigenvalue weighted by molar-refractivity contribution is 0.247. The van der Waals surface area contributed by atoms with E-state index in [1.807, 2.05) is 6.92 Å². The minimum Gasteiger partial charge on any atom is -0.492 e. The van der Waals surface area contributed by atoms with E-state index in [1.165, 1.54) is 0 Å². The van der Waals surface area contributed by atoms with Crippen molar-refractivity contribution in [3.63, 3.8) is 0 Å². The molecule has 0 aliphatic rings. The average molecular weight is 336 g/mol. The number of anilines is 1. The Hall–Kier alpha value is -2.47. The van der Waals surface area contributed by atoms with E-state index >= 15 is 0 Å². The van der Waals surface area contributed by atoms with Crippen LogP contribution >= 0.6 is 11.6 Å². The van der Waals surface area contributed by atoms with Gasteiger partial charge >= 0.3 is 6.03 Å². The topological polar surface area (TPSA) is 72.5 Å². The van der Waals surface area contributed by atoms with Gasteiger partial charge in [-0.1, -0.05) is 11.6 Å². The van der Waals surface area contributed by atoms with Crippen LogP contribution in [0.25, 0.3) is 0 Å². The molecule has 2 aromatic rings. The molecule has 0 bridgehead atoms. The molecule has 7 heteroatoms. The Morgan fingerprint density at radius 1 is 1.22 bits per heavy atom. The SMILES string of the molecule is CCOc1ncccc1NC(=O)NCCOc1ccc(Cl)cc1. The van der Waals surface area contributed by atoms with E-state index in [1.54, 1.807) is 42.6 Å². The molecule has 1 heterocycles. The van der Waals surface area contributed by atoms with Crippen LogP contribution in [0.3, 0.4) is 0 Å². The Kier molecular flexibility index (Phi) is 6.50. The number of nitrogens with one attached hydrogen (secondary N) is 2. The number of hydrogen-bond donors (Lipinski definition) is 2. The highest BCUT2D eigenvalue weighted by Gasteiger charge is 2.07. The summed E-state index contributed by atoms with van der Waals surface area (Å²) in [6, 6.07) is 10.1. The van der Waals surface area contributed by atoms with Crippen LogP contribution in [-0.2, 0) is 0 Å². The molecule has 1 aromatic heterocycles. The fourth-order valence-corrected chi connectivity index (χ4v) is 1.89. The zero-order valence-corrected chi connectivity index (χ0v) is 13.5. The van der Waals surface area contributed by atoms with E-state index in [2.05, 4.69) is 15.6 Å². The van der Waals surface area contributed by atoms with Crippen molar-refractivity contribution < 1.29 is 14.3 Å². The Labute approximate surface area is 139 Å². The monoisotopic (exact) mass is 335 g/mol. The maximum absolute atomic E-state index is 11.8. The van der Waals surface area contributed by atoms with Gasteiger partial charge in [0.15, 0.2) is 0 Å². The van der Waals surface area contributed by atoms with Crippen LogP contribution in [0.15, 0.2) is 42.6 Å². The second-order valence-electron chi connectivity index (χ2n) is 4.47. The fourth-order valence-electron chi connectivity index (χ4n) is 1.77. The Morgan fingerprint density at radius 2 is 2.00 bits per heavy atom. The summed E-state index contributed by atoms with van der Waals surface area (Å²) >= 11 is 5.79. The summed E-state index contributed by atoms with van der Waals surface area (Å²) in [6.45, 7) is 3.04. The molecule has 1 aromatic carbocycles. The van der Waals surface area contributed by atoms with E-state index in [9.17, 15) is 4.79 Å². The number of ether oxygens (including phenoxy) is 2. The van der Waals surface area contributed by atoms with Gasteiger partial charge in [-0.25, -0.2) is 9.78 Å². The van der Waals surface area contributed by atoms with Crippen molar-refractivity contribution in [3.8, 4) is 11.6 Å². The first-order valence-corrected chi connectivity index (χ1v) is 7.58. The molecule has 2 N–H and O–H groups in total. The van der Waals surface area contributed by atoms with Gasteiger partial charge in [0, 0.05) is 11.2 Å². The average Bonchev–Trinajstić information content (AvgIpc) is 2.55. The van der Waals surface area contributed by atoms with Gasteiger partial charge in [0.25, 0.3) is 0 Å². The number of amides is 2. The number of carbonyl (C=O) groups excluding carboxylic acids is 1. The zero-order valence-electron chi connectivity index (χ0n) is 12.7. The normalized spacial score (nSPS) is 10.0. The summed E-state index contributed by atoms with van der Waals surface area (Å²) in [4.78, 5) is 15.9. The minimum absolute atomic E-state index is 0.348. The number of pyridine rings is 1. The van der Waals surface area contributed by atoms with Crippen molar-refractivity contribution in [2.75, 3.05) is 25.1 Å². The maximum atomic E-state index is 11.8. The predicted octanol–water partition coefficient (Wildman–Crippen LogP) is 3.33. The lowest BCUT2D eigenvalue weighted by atomic mass is 10.3. The Bertz CT molecular complexity index is 635. The van der Waals surface area contributed by atoms with Gasteiger partial charge in [0.2, 0.25) is 5.88 Å². The lowest BCUT2D eigenvalue weighted by Gasteiger charge is -2.11. The molecular formula is C16H18ClN3O3. The fraction of sp³-hybridized carbons (Fsp3) is 0.250. The van der Waals surface area contributed by atoms with Crippen molar-refractivity contribution in [2.45, 2.75) is 6.92 Å². The molecule has 0 saturated carbocycles. The van der Waals surface area contributed by atoms with Crippen LogP contribution in [0.2, 0.25) is 5.02 Å². The van der Waals surface area contributed by atoms with E-state index in [-0.39, 0.29) is 6.03 Å².